The van der Waals surface area contributed by atoms with E-state index < -0.39 is 5.41 Å². The van der Waals surface area contributed by atoms with Crippen molar-refractivity contribution in [2.75, 3.05) is 0 Å². The highest BCUT2D eigenvalue weighted by atomic mass is 16.3. The van der Waals surface area contributed by atoms with Gasteiger partial charge in [0.25, 0.3) is 0 Å². The molecule has 19 heavy (non-hydrogen) atoms. The van der Waals surface area contributed by atoms with E-state index in [2.05, 4.69) is 0 Å². The van der Waals surface area contributed by atoms with Crippen LogP contribution in [0.1, 0.15) is 29.8 Å². The van der Waals surface area contributed by atoms with Crippen molar-refractivity contribution in [3.8, 4) is 11.5 Å². The van der Waals surface area contributed by atoms with Crippen molar-refractivity contribution in [1.29, 1.82) is 0 Å². The number of benzene rings is 2. The molecule has 0 fully saturated rings. The summed E-state index contributed by atoms with van der Waals surface area (Å²) in [7, 11) is 0. The van der Waals surface area contributed by atoms with Crippen molar-refractivity contribution in [2.45, 2.75) is 19.3 Å². The summed E-state index contributed by atoms with van der Waals surface area (Å²) < 4.78 is 0. The van der Waals surface area contributed by atoms with Gasteiger partial charge in [-0.25, -0.2) is 0 Å². The lowest BCUT2D eigenvalue weighted by Gasteiger charge is -2.23. The van der Waals surface area contributed by atoms with Gasteiger partial charge >= 0.3 is 0 Å². The second-order valence-electron chi connectivity index (χ2n) is 5.02. The van der Waals surface area contributed by atoms with E-state index in [-0.39, 0.29) is 17.3 Å². The van der Waals surface area contributed by atoms with Crippen LogP contribution in [0.5, 0.6) is 11.5 Å². The van der Waals surface area contributed by atoms with E-state index in [1.165, 1.54) is 18.2 Å². The average molecular weight is 256 g/mol. The Morgan fingerprint density at radius 2 is 1.58 bits per heavy atom. The Kier molecular flexibility index (Phi) is 3.30. The predicted octanol–water partition coefficient (Wildman–Crippen LogP) is 3.26. The maximum atomic E-state index is 12.5. The molecule has 0 bridgehead atoms. The van der Waals surface area contributed by atoms with Gasteiger partial charge in [0.15, 0.2) is 17.3 Å². The molecule has 0 spiro atoms. The third-order valence-electron chi connectivity index (χ3n) is 3.30. The maximum Gasteiger partial charge on any atom is 0.172 e. The monoisotopic (exact) mass is 256 g/mol. The number of ketones is 1. The second-order valence-corrected chi connectivity index (χ2v) is 5.02. The summed E-state index contributed by atoms with van der Waals surface area (Å²) >= 11 is 0. The Balaban J connectivity index is 2.40. The van der Waals surface area contributed by atoms with Crippen LogP contribution in [0.2, 0.25) is 0 Å². The molecule has 0 aliphatic rings. The third kappa shape index (κ3) is 2.45. The number of rotatable bonds is 3. The van der Waals surface area contributed by atoms with E-state index in [1.807, 2.05) is 44.2 Å². The fraction of sp³-hybridized carbons (Fsp3) is 0.188. The molecule has 0 radical (unpaired) electrons. The van der Waals surface area contributed by atoms with Gasteiger partial charge in [0.05, 0.1) is 5.41 Å². The van der Waals surface area contributed by atoms with Crippen LogP contribution in [-0.4, -0.2) is 16.0 Å². The molecular formula is C16H16O3. The summed E-state index contributed by atoms with van der Waals surface area (Å²) in [6, 6.07) is 13.6. The highest BCUT2D eigenvalue weighted by Crippen LogP contribution is 2.31. The zero-order valence-electron chi connectivity index (χ0n) is 10.9. The largest absolute Gasteiger partial charge is 0.504 e. The molecule has 0 heterocycles. The molecule has 2 N–H and O–H groups in total. The summed E-state index contributed by atoms with van der Waals surface area (Å²) in [6.07, 6.45) is 0. The minimum Gasteiger partial charge on any atom is -0.504 e. The zero-order valence-corrected chi connectivity index (χ0v) is 10.9. The lowest BCUT2D eigenvalue weighted by Crippen LogP contribution is -2.29. The van der Waals surface area contributed by atoms with Crippen molar-refractivity contribution in [3.63, 3.8) is 0 Å². The summed E-state index contributed by atoms with van der Waals surface area (Å²) in [5.41, 5.74) is 0.599. The third-order valence-corrected chi connectivity index (χ3v) is 3.30. The number of hydrogen-bond donors (Lipinski definition) is 2. The lowest BCUT2D eigenvalue weighted by molar-refractivity contribution is 0.0908. The lowest BCUT2D eigenvalue weighted by atomic mass is 9.78. The SMILES string of the molecule is CC(C)(C(=O)c1ccc(O)c(O)c1)c1ccccc1. The Labute approximate surface area is 112 Å². The Morgan fingerprint density at radius 3 is 2.16 bits per heavy atom. The molecule has 3 nitrogen and oxygen atoms in total. The van der Waals surface area contributed by atoms with Gasteiger partial charge < -0.3 is 10.2 Å². The first-order valence-corrected chi connectivity index (χ1v) is 6.05. The van der Waals surface area contributed by atoms with Crippen molar-refractivity contribution in [3.05, 3.63) is 59.7 Å². The molecule has 0 aliphatic carbocycles. The minimum absolute atomic E-state index is 0.103. The maximum absolute atomic E-state index is 12.5. The average Bonchev–Trinajstić information content (AvgIpc) is 2.42. The summed E-state index contributed by atoms with van der Waals surface area (Å²) in [5.74, 6) is -0.613. The first-order chi connectivity index (χ1) is 8.93. The molecule has 0 saturated carbocycles. The Bertz CT molecular complexity index is 601. The molecule has 2 aromatic rings. The number of aromatic hydroxyl groups is 2. The predicted molar refractivity (Wildman–Crippen MR) is 73.6 cm³/mol. The van der Waals surface area contributed by atoms with Gasteiger partial charge in [-0.2, -0.15) is 0 Å². The van der Waals surface area contributed by atoms with Crippen molar-refractivity contribution >= 4 is 5.78 Å². The van der Waals surface area contributed by atoms with E-state index in [0.29, 0.717) is 5.56 Å². The molecule has 0 atom stereocenters. The van der Waals surface area contributed by atoms with E-state index in [1.54, 1.807) is 0 Å². The Hall–Kier alpha value is -2.29. The quantitative estimate of drug-likeness (QED) is 0.654. The van der Waals surface area contributed by atoms with Crippen LogP contribution in [0.15, 0.2) is 48.5 Å². The molecule has 98 valence electrons. The molecule has 0 saturated heterocycles. The van der Waals surface area contributed by atoms with E-state index >= 15 is 0 Å². The number of Topliss-reactive ketones (excluding diaryl/α,β-unsaturated/α-hetero) is 1. The number of phenolic OH excluding ortho intramolecular Hbond substituents is 2. The van der Waals surface area contributed by atoms with Crippen LogP contribution in [-0.2, 0) is 5.41 Å². The van der Waals surface area contributed by atoms with Crippen molar-refractivity contribution in [1.82, 2.24) is 0 Å². The van der Waals surface area contributed by atoms with Crippen LogP contribution in [0.3, 0.4) is 0 Å². The standard InChI is InChI=1S/C16H16O3/c1-16(2,12-6-4-3-5-7-12)15(19)11-8-9-13(17)14(18)10-11/h3-10,17-18H,1-2H3. The fourth-order valence-corrected chi connectivity index (χ4v) is 2.01. The fourth-order valence-electron chi connectivity index (χ4n) is 2.01. The number of hydrogen-bond acceptors (Lipinski definition) is 3. The number of carbonyl (C=O) groups excluding carboxylic acids is 1. The molecule has 0 unspecified atom stereocenters. The molecule has 2 aromatic carbocycles. The molecule has 2 rings (SSSR count). The highest BCUT2D eigenvalue weighted by molar-refractivity contribution is 6.04. The zero-order chi connectivity index (χ0) is 14.0. The minimum atomic E-state index is -0.690. The van der Waals surface area contributed by atoms with Gasteiger partial charge in [-0.05, 0) is 37.6 Å². The van der Waals surface area contributed by atoms with Crippen LogP contribution in [0, 0.1) is 0 Å². The first-order valence-electron chi connectivity index (χ1n) is 6.05. The van der Waals surface area contributed by atoms with Gasteiger partial charge in [0, 0.05) is 5.56 Å². The summed E-state index contributed by atoms with van der Waals surface area (Å²) in [5, 5.41) is 18.8. The topological polar surface area (TPSA) is 57.5 Å². The number of phenols is 2. The molecule has 0 aliphatic heterocycles. The smallest absolute Gasteiger partial charge is 0.172 e. The first kappa shape index (κ1) is 13.1. The summed E-state index contributed by atoms with van der Waals surface area (Å²) in [6.45, 7) is 3.68. The molecule has 0 amide bonds. The van der Waals surface area contributed by atoms with Crippen molar-refractivity contribution in [2.24, 2.45) is 0 Å². The van der Waals surface area contributed by atoms with E-state index in [0.717, 1.165) is 5.56 Å². The Morgan fingerprint density at radius 1 is 0.947 bits per heavy atom. The van der Waals surface area contributed by atoms with Gasteiger partial charge in [0.1, 0.15) is 0 Å². The van der Waals surface area contributed by atoms with Gasteiger partial charge in [0.2, 0.25) is 0 Å². The van der Waals surface area contributed by atoms with Crippen LogP contribution >= 0.6 is 0 Å². The molecule has 0 aromatic heterocycles. The van der Waals surface area contributed by atoms with E-state index in [9.17, 15) is 15.0 Å². The van der Waals surface area contributed by atoms with E-state index in [4.69, 9.17) is 0 Å². The summed E-state index contributed by atoms with van der Waals surface area (Å²) in [4.78, 5) is 12.5. The molecule has 3 heteroatoms. The molecular weight excluding hydrogens is 240 g/mol. The van der Waals surface area contributed by atoms with Crippen LogP contribution in [0.25, 0.3) is 0 Å². The van der Waals surface area contributed by atoms with Crippen LogP contribution < -0.4 is 0 Å². The second kappa shape index (κ2) is 4.76. The normalized spacial score (nSPS) is 11.3. The van der Waals surface area contributed by atoms with Gasteiger partial charge in [-0.15, -0.1) is 0 Å². The number of carbonyl (C=O) groups is 1. The van der Waals surface area contributed by atoms with Gasteiger partial charge in [-0.1, -0.05) is 30.3 Å². The van der Waals surface area contributed by atoms with Crippen molar-refractivity contribution < 1.29 is 15.0 Å². The van der Waals surface area contributed by atoms with Crippen LogP contribution in [0.4, 0.5) is 0 Å². The highest BCUT2D eigenvalue weighted by Gasteiger charge is 2.30. The van der Waals surface area contributed by atoms with Gasteiger partial charge in [-0.3, -0.25) is 4.79 Å².